The van der Waals surface area contributed by atoms with Crippen molar-refractivity contribution in [3.05, 3.63) is 71.3 Å². The molecule has 13 nitrogen and oxygen atoms in total. The summed E-state index contributed by atoms with van der Waals surface area (Å²) in [5, 5.41) is 3.61. The molecular weight excluding hydrogens is 579 g/mol. The number of aromatic nitrogens is 4. The van der Waals surface area contributed by atoms with Crippen molar-refractivity contribution in [3.63, 3.8) is 0 Å². The van der Waals surface area contributed by atoms with Crippen molar-refractivity contribution in [3.8, 4) is 47.0 Å². The summed E-state index contributed by atoms with van der Waals surface area (Å²) in [5.41, 5.74) is -0.916. The van der Waals surface area contributed by atoms with Crippen LogP contribution in [0.25, 0.3) is 0 Å². The molecule has 2 aromatic heterocycles. The molecule has 4 rings (SSSR count). The van der Waals surface area contributed by atoms with Gasteiger partial charge in [-0.3, -0.25) is 0 Å². The first-order valence-electron chi connectivity index (χ1n) is 12.0. The lowest BCUT2D eigenvalue weighted by atomic mass is 10.1. The van der Waals surface area contributed by atoms with Crippen LogP contribution in [-0.2, 0) is 11.0 Å². The second-order valence-corrected chi connectivity index (χ2v) is 8.04. The van der Waals surface area contributed by atoms with E-state index in [1.165, 1.54) is 58.8 Å². The van der Waals surface area contributed by atoms with Gasteiger partial charge in [0.2, 0.25) is 23.5 Å². The predicted molar refractivity (Wildman–Crippen MR) is 141 cm³/mol. The summed E-state index contributed by atoms with van der Waals surface area (Å²) >= 11 is 0. The average molecular weight is 601 g/mol. The maximum atomic E-state index is 13.3. The first kappa shape index (κ1) is 30.3. The summed E-state index contributed by atoms with van der Waals surface area (Å²) in [6.07, 6.45) is -3.45. The largest absolute Gasteiger partial charge is 0.481 e. The van der Waals surface area contributed by atoms with Crippen molar-refractivity contribution in [2.24, 2.45) is 5.16 Å². The SMILES string of the molecule is COc1cc(OC)nc(Oc2cccc(Oc3nc(OC)cc(OC)n3)c2C(=O)ON=Cc2ccc(C(F)(F)F)cc2)n1. The molecule has 0 fully saturated rings. The molecule has 0 spiro atoms. The summed E-state index contributed by atoms with van der Waals surface area (Å²) < 4.78 is 70.6. The molecule has 2 heterocycles. The van der Waals surface area contributed by atoms with Crippen molar-refractivity contribution >= 4 is 12.2 Å². The molecule has 2 aromatic carbocycles. The molecule has 0 bridgehead atoms. The average Bonchev–Trinajstić information content (AvgIpc) is 3.00. The van der Waals surface area contributed by atoms with E-state index in [-0.39, 0.29) is 58.2 Å². The van der Waals surface area contributed by atoms with Crippen molar-refractivity contribution in [2.75, 3.05) is 28.4 Å². The number of carbonyl (C=O) groups excluding carboxylic acids is 1. The number of ether oxygens (including phenoxy) is 6. The Labute approximate surface area is 241 Å². The first-order chi connectivity index (χ1) is 20.6. The molecule has 0 unspecified atom stereocenters. The molecule has 0 atom stereocenters. The molecule has 0 aliphatic rings. The Morgan fingerprint density at radius 2 is 1.16 bits per heavy atom. The fraction of sp³-hybridized carbons (Fsp3) is 0.185. The van der Waals surface area contributed by atoms with Gasteiger partial charge in [0.05, 0.1) is 52.3 Å². The summed E-state index contributed by atoms with van der Waals surface area (Å²) in [5.74, 6) is -0.936. The minimum Gasteiger partial charge on any atom is -0.481 e. The van der Waals surface area contributed by atoms with Crippen LogP contribution in [0.2, 0.25) is 0 Å². The zero-order valence-corrected chi connectivity index (χ0v) is 22.9. The van der Waals surface area contributed by atoms with Gasteiger partial charge in [0.1, 0.15) is 17.1 Å². The van der Waals surface area contributed by atoms with Crippen molar-refractivity contribution in [2.45, 2.75) is 6.18 Å². The maximum absolute atomic E-state index is 13.3. The number of carbonyl (C=O) groups is 1. The lowest BCUT2D eigenvalue weighted by Crippen LogP contribution is -2.08. The van der Waals surface area contributed by atoms with Crippen molar-refractivity contribution in [1.29, 1.82) is 0 Å². The molecule has 0 radical (unpaired) electrons. The van der Waals surface area contributed by atoms with E-state index < -0.39 is 17.7 Å². The Balaban J connectivity index is 1.69. The highest BCUT2D eigenvalue weighted by molar-refractivity contribution is 5.96. The maximum Gasteiger partial charge on any atom is 0.416 e. The molecule has 43 heavy (non-hydrogen) atoms. The zero-order valence-electron chi connectivity index (χ0n) is 22.9. The number of hydrogen-bond acceptors (Lipinski definition) is 13. The van der Waals surface area contributed by atoms with Gasteiger partial charge in [-0.15, -0.1) is 0 Å². The minimum atomic E-state index is -4.50. The van der Waals surface area contributed by atoms with Crippen LogP contribution in [0.5, 0.6) is 47.0 Å². The van der Waals surface area contributed by atoms with Gasteiger partial charge in [0, 0.05) is 0 Å². The van der Waals surface area contributed by atoms with E-state index in [1.807, 2.05) is 0 Å². The Bertz CT molecular complexity index is 1500. The third-order valence-electron chi connectivity index (χ3n) is 5.32. The van der Waals surface area contributed by atoms with Crippen LogP contribution in [0.1, 0.15) is 21.5 Å². The van der Waals surface area contributed by atoms with Crippen LogP contribution in [0.3, 0.4) is 0 Å². The summed E-state index contributed by atoms with van der Waals surface area (Å²) in [6.45, 7) is 0. The molecule has 224 valence electrons. The highest BCUT2D eigenvalue weighted by atomic mass is 19.4. The number of oxime groups is 1. The molecule has 0 aliphatic carbocycles. The third kappa shape index (κ3) is 7.75. The molecule has 0 N–H and O–H groups in total. The second-order valence-electron chi connectivity index (χ2n) is 8.04. The molecular formula is C27H22F3N5O8. The van der Waals surface area contributed by atoms with E-state index in [0.29, 0.717) is 0 Å². The van der Waals surface area contributed by atoms with Gasteiger partial charge in [-0.25, -0.2) is 4.79 Å². The fourth-order valence-corrected chi connectivity index (χ4v) is 3.29. The van der Waals surface area contributed by atoms with Crippen LogP contribution < -0.4 is 28.4 Å². The number of methoxy groups -OCH3 is 4. The molecule has 0 amide bonds. The number of nitrogens with zero attached hydrogens (tertiary/aromatic N) is 5. The van der Waals surface area contributed by atoms with Gasteiger partial charge >= 0.3 is 24.2 Å². The van der Waals surface area contributed by atoms with Gasteiger partial charge < -0.3 is 33.3 Å². The van der Waals surface area contributed by atoms with Gasteiger partial charge in [0.15, 0.2) is 0 Å². The highest BCUT2D eigenvalue weighted by Crippen LogP contribution is 2.35. The van der Waals surface area contributed by atoms with Crippen LogP contribution >= 0.6 is 0 Å². The first-order valence-corrected chi connectivity index (χ1v) is 12.0. The van der Waals surface area contributed by atoms with E-state index in [9.17, 15) is 18.0 Å². The Kier molecular flexibility index (Phi) is 9.39. The van der Waals surface area contributed by atoms with Gasteiger partial charge in [-0.2, -0.15) is 33.1 Å². The van der Waals surface area contributed by atoms with E-state index >= 15 is 0 Å². The minimum absolute atomic E-state index is 0.108. The fourth-order valence-electron chi connectivity index (χ4n) is 3.29. The standard InChI is InChI=1S/C27H22F3N5O8/c1-37-19-12-20(38-2)33-25(32-19)41-17-6-5-7-18(42-26-34-21(39-3)13-22(35-26)40-4)23(17)24(36)43-31-14-15-8-10-16(11-9-15)27(28,29)30/h5-14H,1-4H3. The van der Waals surface area contributed by atoms with Crippen molar-refractivity contribution < 1.29 is 51.2 Å². The van der Waals surface area contributed by atoms with E-state index in [2.05, 4.69) is 25.1 Å². The van der Waals surface area contributed by atoms with Crippen LogP contribution in [-0.4, -0.2) is 60.6 Å². The van der Waals surface area contributed by atoms with E-state index in [1.54, 1.807) is 0 Å². The highest BCUT2D eigenvalue weighted by Gasteiger charge is 2.30. The topological polar surface area (TPSA) is 146 Å². The quantitative estimate of drug-likeness (QED) is 0.128. The summed E-state index contributed by atoms with van der Waals surface area (Å²) in [7, 11) is 5.50. The Hall–Kier alpha value is -5.67. The molecule has 0 saturated heterocycles. The summed E-state index contributed by atoms with van der Waals surface area (Å²) in [6, 6.07) is 10.6. The smallest absolute Gasteiger partial charge is 0.416 e. The number of hydrogen-bond donors (Lipinski definition) is 0. The third-order valence-corrected chi connectivity index (χ3v) is 5.32. The van der Waals surface area contributed by atoms with E-state index in [0.717, 1.165) is 30.5 Å². The van der Waals surface area contributed by atoms with Crippen molar-refractivity contribution in [1.82, 2.24) is 19.9 Å². The Morgan fingerprint density at radius 1 is 0.721 bits per heavy atom. The number of benzene rings is 2. The van der Waals surface area contributed by atoms with Gasteiger partial charge in [0.25, 0.3) is 0 Å². The lowest BCUT2D eigenvalue weighted by Gasteiger charge is -2.14. The van der Waals surface area contributed by atoms with Gasteiger partial charge in [-0.1, -0.05) is 23.4 Å². The molecule has 4 aromatic rings. The van der Waals surface area contributed by atoms with Crippen LogP contribution in [0.4, 0.5) is 13.2 Å². The number of rotatable bonds is 11. The predicted octanol–water partition coefficient (Wildman–Crippen LogP) is 5.10. The van der Waals surface area contributed by atoms with E-state index in [4.69, 9.17) is 33.3 Å². The zero-order chi connectivity index (χ0) is 31.0. The molecule has 0 saturated carbocycles. The lowest BCUT2D eigenvalue weighted by molar-refractivity contribution is -0.137. The summed E-state index contributed by atoms with van der Waals surface area (Å²) in [4.78, 5) is 34.7. The second kappa shape index (κ2) is 13.3. The Morgan fingerprint density at radius 3 is 1.56 bits per heavy atom. The molecule has 16 heteroatoms. The molecule has 0 aliphatic heterocycles. The van der Waals surface area contributed by atoms with Gasteiger partial charge in [-0.05, 0) is 29.8 Å². The monoisotopic (exact) mass is 601 g/mol. The normalized spacial score (nSPS) is 11.1. The number of alkyl halides is 3. The number of halogens is 3. The van der Waals surface area contributed by atoms with Crippen LogP contribution in [0.15, 0.2) is 59.8 Å². The van der Waals surface area contributed by atoms with Crippen LogP contribution in [0, 0.1) is 0 Å².